The van der Waals surface area contributed by atoms with Gasteiger partial charge in [0.05, 0.1) is 0 Å². The molecule has 1 aromatic heterocycles. The zero-order valence-corrected chi connectivity index (χ0v) is 26.3. The molecule has 0 spiro atoms. The maximum Gasteiger partial charge on any atom is 0.137 e. The van der Waals surface area contributed by atoms with Crippen LogP contribution in [-0.4, -0.2) is 0 Å². The quantitative estimate of drug-likeness (QED) is 0.200. The summed E-state index contributed by atoms with van der Waals surface area (Å²) in [6, 6.07) is 60.1. The number of nitrogens with one attached hydrogen (secondary N) is 1. The van der Waals surface area contributed by atoms with Crippen molar-refractivity contribution >= 4 is 56.4 Å². The molecule has 3 nitrogen and oxygen atoms in total. The first-order valence-electron chi connectivity index (χ1n) is 15.9. The van der Waals surface area contributed by atoms with E-state index in [1.54, 1.807) is 0 Å². The Bertz CT molecular complexity index is 2350. The number of fused-ring (bicyclic) bond motifs is 5. The van der Waals surface area contributed by atoms with Crippen molar-refractivity contribution < 1.29 is 4.42 Å². The Hall–Kier alpha value is -5.71. The van der Waals surface area contributed by atoms with Crippen LogP contribution < -0.4 is 10.2 Å². The number of anilines is 4. The van der Waals surface area contributed by atoms with Gasteiger partial charge in [-0.1, -0.05) is 121 Å². The lowest BCUT2D eigenvalue weighted by atomic mass is 9.99. The van der Waals surface area contributed by atoms with Crippen LogP contribution in [0.1, 0.15) is 10.9 Å². The van der Waals surface area contributed by atoms with E-state index in [0.717, 1.165) is 39.3 Å². The molecule has 0 fully saturated rings. The van der Waals surface area contributed by atoms with Gasteiger partial charge in [0.25, 0.3) is 0 Å². The van der Waals surface area contributed by atoms with Crippen molar-refractivity contribution in [2.75, 3.05) is 10.2 Å². The lowest BCUT2D eigenvalue weighted by Crippen LogP contribution is -2.09. The summed E-state index contributed by atoms with van der Waals surface area (Å²) >= 11 is 1.86. The largest absolute Gasteiger partial charge is 0.456 e. The first kappa shape index (κ1) is 27.6. The maximum atomic E-state index is 6.54. The molecule has 47 heavy (non-hydrogen) atoms. The molecule has 1 aliphatic heterocycles. The van der Waals surface area contributed by atoms with Crippen LogP contribution in [-0.2, 0) is 0 Å². The second kappa shape index (κ2) is 11.6. The van der Waals surface area contributed by atoms with E-state index in [1.165, 1.54) is 38.1 Å². The molecule has 1 unspecified atom stereocenters. The standard InChI is InChI=1S/C43H30N2OS/c1-4-11-29(12-5-1)32-15-10-16-33(27-32)30-19-21-35(22-20-30)45(34-17-8-3-9-18-34)36-23-24-37-40(28-36)46-39-26-25-38-42(41(37)39)47-43(44-38)31-13-6-2-7-14-31/h1-28,43-44H. The highest BCUT2D eigenvalue weighted by Gasteiger charge is 2.27. The summed E-state index contributed by atoms with van der Waals surface area (Å²) in [6.07, 6.45) is 0. The Morgan fingerprint density at radius 3 is 1.85 bits per heavy atom. The van der Waals surface area contributed by atoms with E-state index in [9.17, 15) is 0 Å². The highest BCUT2D eigenvalue weighted by Crippen LogP contribution is 2.52. The minimum absolute atomic E-state index is 0.179. The van der Waals surface area contributed by atoms with Gasteiger partial charge in [0.15, 0.2) is 0 Å². The molecule has 1 N–H and O–H groups in total. The summed E-state index contributed by atoms with van der Waals surface area (Å²) in [7, 11) is 0. The second-order valence-corrected chi connectivity index (χ2v) is 12.9. The molecular formula is C43H30N2OS. The Morgan fingerprint density at radius 1 is 0.489 bits per heavy atom. The summed E-state index contributed by atoms with van der Waals surface area (Å²) in [4.78, 5) is 3.54. The first-order chi connectivity index (χ1) is 23.3. The van der Waals surface area contributed by atoms with Crippen molar-refractivity contribution in [2.24, 2.45) is 0 Å². The number of hydrogen-bond donors (Lipinski definition) is 1. The fourth-order valence-corrected chi connectivity index (χ4v) is 7.90. The van der Waals surface area contributed by atoms with Crippen molar-refractivity contribution in [2.45, 2.75) is 10.3 Å². The summed E-state index contributed by atoms with van der Waals surface area (Å²) in [5, 5.41) is 6.19. The lowest BCUT2D eigenvalue weighted by Gasteiger charge is -2.25. The number of nitrogens with zero attached hydrogens (tertiary/aromatic N) is 1. The third-order valence-electron chi connectivity index (χ3n) is 8.90. The summed E-state index contributed by atoms with van der Waals surface area (Å²) < 4.78 is 6.54. The minimum atomic E-state index is 0.179. The maximum absolute atomic E-state index is 6.54. The van der Waals surface area contributed by atoms with E-state index in [-0.39, 0.29) is 5.37 Å². The van der Waals surface area contributed by atoms with Gasteiger partial charge in [0, 0.05) is 44.5 Å². The average molecular weight is 623 g/mol. The number of thioether (sulfide) groups is 1. The fourth-order valence-electron chi connectivity index (χ4n) is 6.60. The van der Waals surface area contributed by atoms with Crippen molar-refractivity contribution in [3.05, 3.63) is 175 Å². The number of rotatable bonds is 6. The molecule has 1 atom stereocenters. The van der Waals surface area contributed by atoms with E-state index < -0.39 is 0 Å². The van der Waals surface area contributed by atoms with Crippen molar-refractivity contribution in [1.29, 1.82) is 0 Å². The van der Waals surface area contributed by atoms with Crippen molar-refractivity contribution in [3.63, 3.8) is 0 Å². The number of furan rings is 1. The SMILES string of the molecule is c1ccc(-c2cccc(-c3ccc(N(c4ccccc4)c4ccc5c(c4)oc4ccc6c(c45)SC(c4ccccc4)N6)cc3)c2)cc1. The molecule has 0 aliphatic carbocycles. The van der Waals surface area contributed by atoms with E-state index in [2.05, 4.69) is 180 Å². The smallest absolute Gasteiger partial charge is 0.137 e. The van der Waals surface area contributed by atoms with Gasteiger partial charge in [-0.25, -0.2) is 0 Å². The molecule has 0 radical (unpaired) electrons. The molecule has 0 saturated heterocycles. The minimum Gasteiger partial charge on any atom is -0.456 e. The Labute approximate surface area is 278 Å². The van der Waals surface area contributed by atoms with Crippen LogP contribution in [0.2, 0.25) is 0 Å². The van der Waals surface area contributed by atoms with Crippen molar-refractivity contribution in [1.82, 2.24) is 0 Å². The molecule has 224 valence electrons. The average Bonchev–Trinajstić information content (AvgIpc) is 3.75. The molecule has 0 saturated carbocycles. The molecule has 0 bridgehead atoms. The Balaban J connectivity index is 1.09. The van der Waals surface area contributed by atoms with Gasteiger partial charge in [0.1, 0.15) is 16.5 Å². The number of para-hydroxylation sites is 1. The second-order valence-electron chi connectivity index (χ2n) is 11.8. The zero-order chi connectivity index (χ0) is 31.2. The predicted octanol–water partition coefficient (Wildman–Crippen LogP) is 12.6. The van der Waals surface area contributed by atoms with Gasteiger partial charge < -0.3 is 14.6 Å². The number of hydrogen-bond acceptors (Lipinski definition) is 4. The van der Waals surface area contributed by atoms with Gasteiger partial charge in [-0.05, 0) is 82.4 Å². The van der Waals surface area contributed by atoms with Crippen LogP contribution in [0.15, 0.2) is 179 Å². The first-order valence-corrected chi connectivity index (χ1v) is 16.7. The highest BCUT2D eigenvalue weighted by atomic mass is 32.2. The van der Waals surface area contributed by atoms with Crippen LogP contribution >= 0.6 is 11.8 Å². The van der Waals surface area contributed by atoms with Gasteiger partial charge in [-0.2, -0.15) is 0 Å². The molecule has 0 amide bonds. The number of benzene rings is 7. The monoisotopic (exact) mass is 622 g/mol. The molecular weight excluding hydrogens is 593 g/mol. The van der Waals surface area contributed by atoms with Crippen LogP contribution in [0, 0.1) is 0 Å². The van der Waals surface area contributed by atoms with Crippen LogP contribution in [0.3, 0.4) is 0 Å². The van der Waals surface area contributed by atoms with E-state index in [1.807, 2.05) is 11.8 Å². The topological polar surface area (TPSA) is 28.4 Å². The zero-order valence-electron chi connectivity index (χ0n) is 25.5. The molecule has 2 heterocycles. The molecule has 7 aromatic carbocycles. The molecule has 4 heteroatoms. The fraction of sp³-hybridized carbons (Fsp3) is 0.0233. The summed E-state index contributed by atoms with van der Waals surface area (Å²) in [6.45, 7) is 0. The van der Waals surface area contributed by atoms with E-state index in [4.69, 9.17) is 4.42 Å². The highest BCUT2D eigenvalue weighted by molar-refractivity contribution is 8.00. The van der Waals surface area contributed by atoms with Crippen LogP contribution in [0.5, 0.6) is 0 Å². The van der Waals surface area contributed by atoms with Crippen LogP contribution in [0.25, 0.3) is 44.2 Å². The third-order valence-corrected chi connectivity index (χ3v) is 10.2. The van der Waals surface area contributed by atoms with Gasteiger partial charge in [0.2, 0.25) is 0 Å². The Morgan fingerprint density at radius 2 is 1.11 bits per heavy atom. The van der Waals surface area contributed by atoms with Gasteiger partial charge in [-0.15, -0.1) is 0 Å². The van der Waals surface area contributed by atoms with E-state index >= 15 is 0 Å². The predicted molar refractivity (Wildman–Crippen MR) is 198 cm³/mol. The normalized spacial score (nSPS) is 13.8. The molecule has 1 aliphatic rings. The summed E-state index contributed by atoms with van der Waals surface area (Å²) in [5.41, 5.74) is 12.3. The Kier molecular flexibility index (Phi) is 6.80. The van der Waals surface area contributed by atoms with Gasteiger partial charge >= 0.3 is 0 Å². The van der Waals surface area contributed by atoms with Crippen LogP contribution in [0.4, 0.5) is 22.7 Å². The van der Waals surface area contributed by atoms with E-state index in [0.29, 0.717) is 0 Å². The summed E-state index contributed by atoms with van der Waals surface area (Å²) in [5.74, 6) is 0. The third kappa shape index (κ3) is 5.04. The van der Waals surface area contributed by atoms with Gasteiger partial charge in [-0.3, -0.25) is 0 Å². The lowest BCUT2D eigenvalue weighted by molar-refractivity contribution is 0.668. The van der Waals surface area contributed by atoms with Crippen molar-refractivity contribution in [3.8, 4) is 22.3 Å². The molecule has 9 rings (SSSR count). The molecule has 8 aromatic rings.